The minimum Gasteiger partial charge on any atom is -0.480 e. The number of hydrogen-bond donors (Lipinski definition) is 2. The van der Waals surface area contributed by atoms with Crippen molar-refractivity contribution in [1.82, 2.24) is 4.98 Å². The summed E-state index contributed by atoms with van der Waals surface area (Å²) in [5, 5.41) is 11.5. The maximum absolute atomic E-state index is 11.5. The molecule has 2 rings (SSSR count). The van der Waals surface area contributed by atoms with Crippen LogP contribution in [0.15, 0.2) is 18.3 Å². The summed E-state index contributed by atoms with van der Waals surface area (Å²) in [6.07, 6.45) is 1.58. The summed E-state index contributed by atoms with van der Waals surface area (Å²) >= 11 is 0. The number of pyridine rings is 1. The maximum Gasteiger partial charge on any atom is 0.323 e. The van der Waals surface area contributed by atoms with Crippen LogP contribution in [0.3, 0.4) is 0 Å². The number of carboxylic acid groups (broad SMARTS) is 1. The molecule has 1 amide bonds. The molecule has 0 radical (unpaired) electrons. The molecule has 0 bridgehead atoms. The number of carbonyl (C=O) groups excluding carboxylic acids is 1. The lowest BCUT2D eigenvalue weighted by Gasteiger charge is -2.27. The molecular formula is C9H9N3O3. The van der Waals surface area contributed by atoms with Crippen molar-refractivity contribution in [3.05, 3.63) is 18.3 Å². The molecule has 1 aromatic heterocycles. The van der Waals surface area contributed by atoms with Crippen molar-refractivity contribution in [3.8, 4) is 0 Å². The summed E-state index contributed by atoms with van der Waals surface area (Å²) in [6.45, 7) is -0.253. The second-order valence-corrected chi connectivity index (χ2v) is 3.10. The minimum absolute atomic E-state index is 0.0806. The summed E-state index contributed by atoms with van der Waals surface area (Å²) < 4.78 is 0. The number of nitrogens with zero attached hydrogens (tertiary/aromatic N) is 2. The van der Waals surface area contributed by atoms with Gasteiger partial charge < -0.3 is 10.4 Å². The van der Waals surface area contributed by atoms with Crippen molar-refractivity contribution >= 4 is 23.4 Å². The monoisotopic (exact) mass is 207 g/mol. The number of fused-ring (bicyclic) bond motifs is 1. The van der Waals surface area contributed by atoms with Gasteiger partial charge in [0.25, 0.3) is 0 Å². The molecule has 1 aliphatic heterocycles. The Hall–Kier alpha value is -2.11. The van der Waals surface area contributed by atoms with E-state index in [1.165, 1.54) is 4.90 Å². The molecule has 0 atom stereocenters. The van der Waals surface area contributed by atoms with Gasteiger partial charge in [0.15, 0.2) is 0 Å². The molecule has 1 aliphatic rings. The summed E-state index contributed by atoms with van der Waals surface area (Å²) in [4.78, 5) is 27.3. The van der Waals surface area contributed by atoms with Crippen LogP contribution < -0.4 is 10.2 Å². The van der Waals surface area contributed by atoms with Gasteiger partial charge in [-0.2, -0.15) is 0 Å². The fraction of sp³-hybridized carbons (Fsp3) is 0.222. The van der Waals surface area contributed by atoms with Gasteiger partial charge in [0.1, 0.15) is 12.4 Å². The molecule has 0 unspecified atom stereocenters. The van der Waals surface area contributed by atoms with Crippen molar-refractivity contribution in [2.45, 2.75) is 0 Å². The van der Waals surface area contributed by atoms with E-state index >= 15 is 0 Å². The van der Waals surface area contributed by atoms with Crippen LogP contribution in [-0.4, -0.2) is 35.1 Å². The Bertz CT molecular complexity index is 419. The number of hydrogen-bond acceptors (Lipinski definition) is 4. The molecule has 15 heavy (non-hydrogen) atoms. The van der Waals surface area contributed by atoms with Gasteiger partial charge in [-0.1, -0.05) is 0 Å². The summed E-state index contributed by atoms with van der Waals surface area (Å²) in [5.41, 5.74) is 0.510. The van der Waals surface area contributed by atoms with Crippen LogP contribution in [0.25, 0.3) is 0 Å². The number of rotatable bonds is 2. The molecule has 78 valence electrons. The van der Waals surface area contributed by atoms with Gasteiger partial charge in [-0.25, -0.2) is 4.98 Å². The average molecular weight is 207 g/mol. The zero-order chi connectivity index (χ0) is 10.8. The first-order valence-corrected chi connectivity index (χ1v) is 4.39. The average Bonchev–Trinajstić information content (AvgIpc) is 2.22. The van der Waals surface area contributed by atoms with Crippen LogP contribution in [-0.2, 0) is 9.59 Å². The second kappa shape index (κ2) is 3.56. The van der Waals surface area contributed by atoms with Crippen molar-refractivity contribution in [2.24, 2.45) is 0 Å². The van der Waals surface area contributed by atoms with E-state index in [0.717, 1.165) is 0 Å². The van der Waals surface area contributed by atoms with Crippen molar-refractivity contribution in [1.29, 1.82) is 0 Å². The van der Waals surface area contributed by atoms with E-state index in [1.54, 1.807) is 18.3 Å². The number of carbonyl (C=O) groups is 2. The number of carboxylic acids is 1. The van der Waals surface area contributed by atoms with Crippen LogP contribution in [0.5, 0.6) is 0 Å². The maximum atomic E-state index is 11.5. The summed E-state index contributed by atoms with van der Waals surface area (Å²) in [5.74, 6) is -0.767. The largest absolute Gasteiger partial charge is 0.480 e. The Morgan fingerprint density at radius 3 is 3.20 bits per heavy atom. The van der Waals surface area contributed by atoms with E-state index < -0.39 is 5.97 Å². The third-order valence-electron chi connectivity index (χ3n) is 2.08. The lowest BCUT2D eigenvalue weighted by Crippen LogP contribution is -2.43. The molecule has 0 aromatic carbocycles. The van der Waals surface area contributed by atoms with Gasteiger partial charge in [0, 0.05) is 6.20 Å². The van der Waals surface area contributed by atoms with Gasteiger partial charge in [-0.15, -0.1) is 0 Å². The van der Waals surface area contributed by atoms with Gasteiger partial charge in [-0.3, -0.25) is 14.5 Å². The molecule has 0 saturated heterocycles. The molecule has 1 aromatic rings. The number of aromatic nitrogens is 1. The second-order valence-electron chi connectivity index (χ2n) is 3.10. The predicted octanol–water partition coefficient (Wildman–Crippen LogP) is -0.0753. The highest BCUT2D eigenvalue weighted by atomic mass is 16.4. The highest BCUT2D eigenvalue weighted by molar-refractivity contribution is 6.04. The SMILES string of the molecule is O=C(O)CN1C(=O)CNc2ncccc21. The Morgan fingerprint density at radius 2 is 2.47 bits per heavy atom. The zero-order valence-corrected chi connectivity index (χ0v) is 7.80. The van der Waals surface area contributed by atoms with Gasteiger partial charge in [0.2, 0.25) is 5.91 Å². The number of nitrogens with one attached hydrogen (secondary N) is 1. The molecule has 6 heteroatoms. The molecule has 2 heterocycles. The first-order valence-electron chi connectivity index (χ1n) is 4.39. The van der Waals surface area contributed by atoms with Crippen molar-refractivity contribution < 1.29 is 14.7 Å². The highest BCUT2D eigenvalue weighted by Crippen LogP contribution is 2.26. The van der Waals surface area contributed by atoms with E-state index in [0.29, 0.717) is 11.5 Å². The molecule has 0 spiro atoms. The Labute approximate surface area is 85.5 Å². The number of aliphatic carboxylic acids is 1. The van der Waals surface area contributed by atoms with Gasteiger partial charge >= 0.3 is 5.97 Å². The predicted molar refractivity (Wildman–Crippen MR) is 52.7 cm³/mol. The molecule has 0 aliphatic carbocycles. The topological polar surface area (TPSA) is 82.5 Å². The standard InChI is InChI=1S/C9H9N3O3/c13-7-4-11-9-6(2-1-3-10-9)12(7)5-8(14)15/h1-3H,4-5H2,(H,10,11)(H,14,15). The molecular weight excluding hydrogens is 198 g/mol. The van der Waals surface area contributed by atoms with Crippen LogP contribution >= 0.6 is 0 Å². The van der Waals surface area contributed by atoms with Crippen LogP contribution in [0, 0.1) is 0 Å². The van der Waals surface area contributed by atoms with E-state index in [2.05, 4.69) is 10.3 Å². The fourth-order valence-corrected chi connectivity index (χ4v) is 1.45. The Balaban J connectivity index is 2.37. The van der Waals surface area contributed by atoms with Crippen LogP contribution in [0.4, 0.5) is 11.5 Å². The Kier molecular flexibility index (Phi) is 2.24. The minimum atomic E-state index is -1.04. The third kappa shape index (κ3) is 1.74. The van der Waals surface area contributed by atoms with Gasteiger partial charge in [0.05, 0.1) is 12.2 Å². The van der Waals surface area contributed by atoms with E-state index in [9.17, 15) is 9.59 Å². The first kappa shape index (κ1) is 9.45. The van der Waals surface area contributed by atoms with Crippen LogP contribution in [0.1, 0.15) is 0 Å². The van der Waals surface area contributed by atoms with E-state index in [4.69, 9.17) is 5.11 Å². The van der Waals surface area contributed by atoms with Crippen molar-refractivity contribution in [2.75, 3.05) is 23.3 Å². The zero-order valence-electron chi connectivity index (χ0n) is 7.80. The van der Waals surface area contributed by atoms with Crippen molar-refractivity contribution in [3.63, 3.8) is 0 Å². The number of amides is 1. The van der Waals surface area contributed by atoms with E-state index in [1.807, 2.05) is 0 Å². The fourth-order valence-electron chi connectivity index (χ4n) is 1.45. The molecule has 2 N–H and O–H groups in total. The van der Waals surface area contributed by atoms with Gasteiger partial charge in [-0.05, 0) is 12.1 Å². The lowest BCUT2D eigenvalue weighted by molar-refractivity contribution is -0.136. The normalized spacial score (nSPS) is 14.4. The smallest absolute Gasteiger partial charge is 0.323 e. The molecule has 0 fully saturated rings. The van der Waals surface area contributed by atoms with Crippen LogP contribution in [0.2, 0.25) is 0 Å². The third-order valence-corrected chi connectivity index (χ3v) is 2.08. The van der Waals surface area contributed by atoms with E-state index in [-0.39, 0.29) is 19.0 Å². The quantitative estimate of drug-likeness (QED) is 0.709. The summed E-state index contributed by atoms with van der Waals surface area (Å²) in [6, 6.07) is 3.32. The lowest BCUT2D eigenvalue weighted by atomic mass is 10.2. The number of anilines is 2. The highest BCUT2D eigenvalue weighted by Gasteiger charge is 2.25. The summed E-state index contributed by atoms with van der Waals surface area (Å²) in [7, 11) is 0. The molecule has 0 saturated carbocycles. The first-order chi connectivity index (χ1) is 7.18. The Morgan fingerprint density at radius 1 is 1.67 bits per heavy atom. The molecule has 6 nitrogen and oxygen atoms in total.